The van der Waals surface area contributed by atoms with Crippen molar-refractivity contribution in [2.75, 3.05) is 27.2 Å². The maximum atomic E-state index is 13.5. The molecule has 1 fully saturated rings. The van der Waals surface area contributed by atoms with E-state index in [1.54, 1.807) is 37.6 Å². The highest BCUT2D eigenvalue weighted by atomic mass is 19.2. The van der Waals surface area contributed by atoms with Gasteiger partial charge in [0.25, 0.3) is 0 Å². The molecule has 1 unspecified atom stereocenters. The van der Waals surface area contributed by atoms with Crippen molar-refractivity contribution in [3.05, 3.63) is 54.1 Å². The summed E-state index contributed by atoms with van der Waals surface area (Å²) in [7, 11) is 3.49. The molecule has 1 aliphatic heterocycles. The number of aromatic nitrogens is 2. The zero-order valence-corrected chi connectivity index (χ0v) is 14.5. The van der Waals surface area contributed by atoms with Gasteiger partial charge in [-0.3, -0.25) is 9.69 Å². The van der Waals surface area contributed by atoms with Crippen LogP contribution < -0.4 is 0 Å². The van der Waals surface area contributed by atoms with Crippen LogP contribution in [-0.4, -0.2) is 52.4 Å². The van der Waals surface area contributed by atoms with E-state index in [0.717, 1.165) is 19.0 Å². The van der Waals surface area contributed by atoms with Gasteiger partial charge >= 0.3 is 0 Å². The highest BCUT2D eigenvalue weighted by molar-refractivity contribution is 5.84. The molecule has 0 aliphatic carbocycles. The van der Waals surface area contributed by atoms with Crippen molar-refractivity contribution in [3.8, 4) is 0 Å². The first-order valence-corrected chi connectivity index (χ1v) is 8.29. The van der Waals surface area contributed by atoms with Crippen molar-refractivity contribution in [1.82, 2.24) is 19.4 Å². The molecule has 7 heteroatoms. The highest BCUT2D eigenvalue weighted by Crippen LogP contribution is 2.31. The maximum Gasteiger partial charge on any atom is 0.249 e. The topological polar surface area (TPSA) is 41.4 Å². The number of likely N-dealkylation sites (tertiary alicyclic amines) is 1. The number of likely N-dealkylation sites (N-methyl/N-ethyl adjacent to an activating group) is 1. The second kappa shape index (κ2) is 6.92. The summed E-state index contributed by atoms with van der Waals surface area (Å²) in [5.74, 6) is -1.68. The Morgan fingerprint density at radius 1 is 1.32 bits per heavy atom. The summed E-state index contributed by atoms with van der Waals surface area (Å²) in [6, 6.07) is 3.94. The average Bonchev–Trinajstić information content (AvgIpc) is 3.12. The molecule has 1 saturated heterocycles. The van der Waals surface area contributed by atoms with Crippen LogP contribution in [0.4, 0.5) is 8.78 Å². The van der Waals surface area contributed by atoms with Crippen LogP contribution in [0.25, 0.3) is 0 Å². The van der Waals surface area contributed by atoms with E-state index >= 15 is 0 Å². The number of amides is 1. The molecule has 5 nitrogen and oxygen atoms in total. The Morgan fingerprint density at radius 3 is 2.76 bits per heavy atom. The van der Waals surface area contributed by atoms with E-state index in [4.69, 9.17) is 0 Å². The SMILES string of the molecule is CN(C)C(=O)C1(n2ccnc2)CCCN(Cc2ccc(F)c(F)c2)C1. The molecule has 134 valence electrons. The number of nitrogens with zero attached hydrogens (tertiary/aromatic N) is 4. The molecule has 0 spiro atoms. The van der Waals surface area contributed by atoms with Gasteiger partial charge in [-0.25, -0.2) is 13.8 Å². The van der Waals surface area contributed by atoms with Crippen LogP contribution in [-0.2, 0) is 16.9 Å². The van der Waals surface area contributed by atoms with Crippen LogP contribution in [0.5, 0.6) is 0 Å². The van der Waals surface area contributed by atoms with Crippen LogP contribution in [0.15, 0.2) is 36.9 Å². The van der Waals surface area contributed by atoms with Gasteiger partial charge in [0.15, 0.2) is 11.6 Å². The fourth-order valence-corrected chi connectivity index (χ4v) is 3.58. The van der Waals surface area contributed by atoms with Crippen molar-refractivity contribution in [1.29, 1.82) is 0 Å². The summed E-state index contributed by atoms with van der Waals surface area (Å²) >= 11 is 0. The van der Waals surface area contributed by atoms with E-state index in [-0.39, 0.29) is 5.91 Å². The molecular formula is C18H22F2N4O. The Morgan fingerprint density at radius 2 is 2.12 bits per heavy atom. The lowest BCUT2D eigenvalue weighted by Gasteiger charge is -2.43. The largest absolute Gasteiger partial charge is 0.347 e. The summed E-state index contributed by atoms with van der Waals surface area (Å²) in [6.45, 7) is 1.77. The summed E-state index contributed by atoms with van der Waals surface area (Å²) in [5, 5.41) is 0. The Balaban J connectivity index is 1.86. The van der Waals surface area contributed by atoms with Crippen LogP contribution in [0.1, 0.15) is 18.4 Å². The van der Waals surface area contributed by atoms with Crippen LogP contribution in [0, 0.1) is 11.6 Å². The van der Waals surface area contributed by atoms with Gasteiger partial charge in [0.05, 0.1) is 6.33 Å². The Kier molecular flexibility index (Phi) is 4.85. The molecule has 1 aromatic heterocycles. The van der Waals surface area contributed by atoms with Gasteiger partial charge in [0.2, 0.25) is 5.91 Å². The maximum absolute atomic E-state index is 13.5. The molecule has 1 amide bonds. The first-order valence-electron chi connectivity index (χ1n) is 8.29. The van der Waals surface area contributed by atoms with Gasteiger partial charge in [-0.05, 0) is 37.1 Å². The van der Waals surface area contributed by atoms with Crippen molar-refractivity contribution >= 4 is 5.91 Å². The van der Waals surface area contributed by atoms with Gasteiger partial charge in [0, 0.05) is 39.6 Å². The fraction of sp³-hybridized carbons (Fsp3) is 0.444. The highest BCUT2D eigenvalue weighted by Gasteiger charge is 2.44. The molecule has 1 atom stereocenters. The molecule has 25 heavy (non-hydrogen) atoms. The first-order chi connectivity index (χ1) is 11.9. The molecule has 0 bridgehead atoms. The normalized spacial score (nSPS) is 21.3. The molecule has 0 N–H and O–H groups in total. The molecule has 0 saturated carbocycles. The third-order valence-corrected chi connectivity index (χ3v) is 4.74. The molecule has 3 rings (SSSR count). The van der Waals surface area contributed by atoms with E-state index in [1.807, 2.05) is 10.8 Å². The van der Waals surface area contributed by atoms with E-state index in [0.29, 0.717) is 25.1 Å². The Hall–Kier alpha value is -2.28. The van der Waals surface area contributed by atoms with Gasteiger partial charge in [-0.2, -0.15) is 0 Å². The molecular weight excluding hydrogens is 326 g/mol. The van der Waals surface area contributed by atoms with Crippen molar-refractivity contribution < 1.29 is 13.6 Å². The Labute approximate surface area is 145 Å². The number of carbonyl (C=O) groups excluding carboxylic acids is 1. The van der Waals surface area contributed by atoms with Crippen molar-refractivity contribution in [2.45, 2.75) is 24.9 Å². The van der Waals surface area contributed by atoms with E-state index < -0.39 is 17.2 Å². The minimum Gasteiger partial charge on any atom is -0.347 e. The number of carbonyl (C=O) groups is 1. The van der Waals surface area contributed by atoms with Crippen LogP contribution >= 0.6 is 0 Å². The lowest BCUT2D eigenvalue weighted by Crippen LogP contribution is -2.57. The molecule has 1 aliphatic rings. The smallest absolute Gasteiger partial charge is 0.249 e. The molecule has 1 aromatic carbocycles. The van der Waals surface area contributed by atoms with Crippen molar-refractivity contribution in [3.63, 3.8) is 0 Å². The third kappa shape index (κ3) is 3.42. The number of halogens is 2. The zero-order chi connectivity index (χ0) is 18.0. The van der Waals surface area contributed by atoms with Gasteiger partial charge in [-0.15, -0.1) is 0 Å². The predicted octanol–water partition coefficient (Wildman–Crippen LogP) is 2.24. The lowest BCUT2D eigenvalue weighted by atomic mass is 9.87. The lowest BCUT2D eigenvalue weighted by molar-refractivity contribution is -0.141. The number of benzene rings is 1. The van der Waals surface area contributed by atoms with Gasteiger partial charge in [-0.1, -0.05) is 6.07 Å². The fourth-order valence-electron chi connectivity index (χ4n) is 3.58. The summed E-state index contributed by atoms with van der Waals surface area (Å²) in [4.78, 5) is 20.8. The van der Waals surface area contributed by atoms with Crippen LogP contribution in [0.3, 0.4) is 0 Å². The molecule has 0 radical (unpaired) electrons. The summed E-state index contributed by atoms with van der Waals surface area (Å²) in [6.07, 6.45) is 6.69. The minimum atomic E-state index is -0.849. The summed E-state index contributed by atoms with van der Waals surface area (Å²) < 4.78 is 28.5. The average molecular weight is 348 g/mol. The third-order valence-electron chi connectivity index (χ3n) is 4.74. The van der Waals surface area contributed by atoms with Gasteiger partial charge < -0.3 is 9.47 Å². The summed E-state index contributed by atoms with van der Waals surface area (Å²) in [5.41, 5.74) is -0.0331. The standard InChI is InChI=1S/C18H22F2N4O/c1-22(2)17(25)18(24-9-7-21-13-24)6-3-8-23(12-18)11-14-4-5-15(19)16(20)10-14/h4-5,7,9-10,13H,3,6,8,11-12H2,1-2H3. The second-order valence-corrected chi connectivity index (χ2v) is 6.76. The minimum absolute atomic E-state index is 0.0143. The molecule has 2 aromatic rings. The van der Waals surface area contributed by atoms with E-state index in [1.165, 1.54) is 6.07 Å². The van der Waals surface area contributed by atoms with Crippen molar-refractivity contribution in [2.24, 2.45) is 0 Å². The first kappa shape index (κ1) is 17.5. The number of piperidine rings is 1. The second-order valence-electron chi connectivity index (χ2n) is 6.76. The quantitative estimate of drug-likeness (QED) is 0.851. The van der Waals surface area contributed by atoms with Gasteiger partial charge in [0.1, 0.15) is 5.54 Å². The zero-order valence-electron chi connectivity index (χ0n) is 14.5. The Bertz CT molecular complexity index is 748. The van der Waals surface area contributed by atoms with Crippen LogP contribution in [0.2, 0.25) is 0 Å². The van der Waals surface area contributed by atoms with E-state index in [9.17, 15) is 13.6 Å². The van der Waals surface area contributed by atoms with E-state index in [2.05, 4.69) is 9.88 Å². The number of rotatable bonds is 4. The molecule has 2 heterocycles. The monoisotopic (exact) mass is 348 g/mol. The predicted molar refractivity (Wildman–Crippen MR) is 89.8 cm³/mol. The number of imidazole rings is 1. The number of hydrogen-bond acceptors (Lipinski definition) is 3. The number of hydrogen-bond donors (Lipinski definition) is 0.